The first-order valence-electron chi connectivity index (χ1n) is 25.8. The fraction of sp³-hybridized carbons (Fsp3) is 0.517. The van der Waals surface area contributed by atoms with E-state index in [-0.39, 0.29) is 5.41 Å². The number of aryl methyl sites for hydroxylation is 1. The maximum absolute atomic E-state index is 6.49. The number of pyridine rings is 2. The summed E-state index contributed by atoms with van der Waals surface area (Å²) >= 11 is 16.6. The van der Waals surface area contributed by atoms with Crippen molar-refractivity contribution in [2.75, 3.05) is 13.1 Å². The summed E-state index contributed by atoms with van der Waals surface area (Å²) in [6, 6.07) is 22.5. The maximum atomic E-state index is 6.49. The number of benzene rings is 1. The second-order valence-electron chi connectivity index (χ2n) is 19.6. The zero-order valence-electron chi connectivity index (χ0n) is 41.1. The van der Waals surface area contributed by atoms with Gasteiger partial charge in [-0.15, -0.1) is 22.7 Å². The average Bonchev–Trinajstić information content (AvgIpc) is 4.13. The van der Waals surface area contributed by atoms with E-state index < -0.39 is 0 Å². The fourth-order valence-corrected chi connectivity index (χ4v) is 12.6. The highest BCUT2D eigenvalue weighted by Crippen LogP contribution is 2.41. The van der Waals surface area contributed by atoms with Gasteiger partial charge in [0, 0.05) is 94.5 Å². The molecule has 0 aliphatic carbocycles. The van der Waals surface area contributed by atoms with Crippen LogP contribution in [-0.2, 0) is 0 Å². The Kier molecular flexibility index (Phi) is 18.8. The second kappa shape index (κ2) is 24.6. The van der Waals surface area contributed by atoms with E-state index in [2.05, 4.69) is 116 Å². The van der Waals surface area contributed by atoms with Crippen LogP contribution in [0.4, 0.5) is 0 Å². The first-order chi connectivity index (χ1) is 32.1. The minimum absolute atomic E-state index is 0.0199. The molecule has 4 nitrogen and oxygen atoms in total. The molecule has 0 amide bonds. The monoisotopic (exact) mass is 956 g/mol. The summed E-state index contributed by atoms with van der Waals surface area (Å²) in [5, 5.41) is 2.46. The van der Waals surface area contributed by atoms with Crippen LogP contribution in [0.5, 0.6) is 0 Å². The lowest BCUT2D eigenvalue weighted by Crippen LogP contribution is -2.32. The molecule has 8 heteroatoms. The summed E-state index contributed by atoms with van der Waals surface area (Å²) in [4.78, 5) is 21.6. The Balaban J connectivity index is 1.13. The topological polar surface area (TPSA) is 32.3 Å². The highest BCUT2D eigenvalue weighted by Gasteiger charge is 2.37. The van der Waals surface area contributed by atoms with E-state index in [0.29, 0.717) is 0 Å². The number of hydrogen-bond acceptors (Lipinski definition) is 6. The number of rotatable bonds is 28. The van der Waals surface area contributed by atoms with Crippen LogP contribution in [0.25, 0.3) is 42.0 Å². The van der Waals surface area contributed by atoms with Crippen molar-refractivity contribution in [3.8, 4) is 30.6 Å². The lowest BCUT2D eigenvalue weighted by molar-refractivity contribution is 0.394. The molecule has 2 aliphatic rings. The normalized spacial score (nSPS) is 13.7. The van der Waals surface area contributed by atoms with Gasteiger partial charge < -0.3 is 9.80 Å². The van der Waals surface area contributed by atoms with Crippen LogP contribution in [0.15, 0.2) is 73.1 Å². The third-order valence-electron chi connectivity index (χ3n) is 14.1. The van der Waals surface area contributed by atoms with E-state index in [1.54, 1.807) is 0 Å². The van der Waals surface area contributed by atoms with E-state index in [9.17, 15) is 0 Å². The Labute approximate surface area is 417 Å². The van der Waals surface area contributed by atoms with Crippen molar-refractivity contribution in [3.63, 3.8) is 0 Å². The molecule has 0 spiro atoms. The molecule has 0 bridgehead atoms. The zero-order valence-corrected chi connectivity index (χ0v) is 44.4. The van der Waals surface area contributed by atoms with E-state index in [1.165, 1.54) is 157 Å². The van der Waals surface area contributed by atoms with Gasteiger partial charge in [-0.2, -0.15) is 0 Å². The van der Waals surface area contributed by atoms with Gasteiger partial charge in [-0.3, -0.25) is 9.97 Å². The van der Waals surface area contributed by atoms with Gasteiger partial charge in [0.1, 0.15) is 9.98 Å². The number of nitrogens with zero attached hydrogens (tertiary/aromatic N) is 4. The highest BCUT2D eigenvalue weighted by molar-refractivity contribution is 7.81. The van der Waals surface area contributed by atoms with E-state index in [4.69, 9.17) is 29.4 Å². The summed E-state index contributed by atoms with van der Waals surface area (Å²) in [6.07, 6.45) is 31.5. The predicted molar refractivity (Wildman–Crippen MR) is 295 cm³/mol. The molecule has 352 valence electrons. The molecule has 6 heterocycles. The highest BCUT2D eigenvalue weighted by atomic mass is 32.1. The SMILES string of the molecule is CCCCCCCCCCCCN1C(=S)c2cc3c(cc2=C1c1ccc(-c2ccc(-c4ccc(-c5ccc(C)nc5)s4)s2)cn1)C(=S)N(CCCCCCCCCCCC)C=3C(C)(C)CC. The van der Waals surface area contributed by atoms with Crippen molar-refractivity contribution in [2.45, 2.75) is 176 Å². The van der Waals surface area contributed by atoms with Crippen molar-refractivity contribution in [3.05, 3.63) is 106 Å². The predicted octanol–water partition coefficient (Wildman–Crippen LogP) is 16.4. The summed E-state index contributed by atoms with van der Waals surface area (Å²) in [6.45, 7) is 15.6. The largest absolute Gasteiger partial charge is 0.335 e. The van der Waals surface area contributed by atoms with Gasteiger partial charge in [0.25, 0.3) is 0 Å². The zero-order chi connectivity index (χ0) is 46.5. The van der Waals surface area contributed by atoms with Crippen LogP contribution >= 0.6 is 47.1 Å². The number of fused-ring (bicyclic) bond motifs is 2. The van der Waals surface area contributed by atoms with Gasteiger partial charge in [0.05, 0.1) is 11.4 Å². The van der Waals surface area contributed by atoms with Gasteiger partial charge in [-0.25, -0.2) is 0 Å². The Bertz CT molecular complexity index is 2490. The van der Waals surface area contributed by atoms with Crippen molar-refractivity contribution < 1.29 is 0 Å². The standard InChI is InChI=1S/C58H76N4S4/c1-7-10-12-14-16-18-20-22-24-26-36-61-54(49-31-30-44(41-60-49)51-33-35-53(66-51)52-34-32-50(65-52)43-29-28-42(4)59-40-43)45-38-48-46(39-47(45)56(61)63)55(58(5,6)9-3)62(57(48)64)37-27-25-23-21-19-17-15-13-11-8-2/h28-35,38-41H,7-27,36-37H2,1-6H3. The van der Waals surface area contributed by atoms with Crippen LogP contribution < -0.4 is 10.4 Å². The molecule has 5 aromatic rings. The molecule has 0 atom stereocenters. The Morgan fingerprint density at radius 3 is 1.42 bits per heavy atom. The molecule has 2 aliphatic heterocycles. The molecule has 0 fully saturated rings. The Morgan fingerprint density at radius 1 is 0.500 bits per heavy atom. The Hall–Kier alpha value is -3.56. The molecule has 0 saturated heterocycles. The van der Waals surface area contributed by atoms with Gasteiger partial charge >= 0.3 is 0 Å². The van der Waals surface area contributed by atoms with Crippen LogP contribution in [0.1, 0.15) is 192 Å². The summed E-state index contributed by atoms with van der Waals surface area (Å²) in [5.41, 5.74) is 9.15. The molecule has 0 radical (unpaired) electrons. The van der Waals surface area contributed by atoms with Crippen molar-refractivity contribution >= 4 is 68.5 Å². The molecule has 1 aromatic carbocycles. The van der Waals surface area contributed by atoms with Crippen LogP contribution in [0.3, 0.4) is 0 Å². The molecule has 7 rings (SSSR count). The Morgan fingerprint density at radius 2 is 0.939 bits per heavy atom. The van der Waals surface area contributed by atoms with Crippen molar-refractivity contribution in [1.29, 1.82) is 0 Å². The van der Waals surface area contributed by atoms with E-state index in [1.807, 2.05) is 35.8 Å². The summed E-state index contributed by atoms with van der Waals surface area (Å²) < 4.78 is 0. The third-order valence-corrected chi connectivity index (χ3v) is 17.4. The summed E-state index contributed by atoms with van der Waals surface area (Å²) in [7, 11) is 0. The first kappa shape index (κ1) is 50.3. The quantitative estimate of drug-likeness (QED) is 0.0367. The fourth-order valence-electron chi connectivity index (χ4n) is 9.79. The number of aromatic nitrogens is 2. The van der Waals surface area contributed by atoms with Gasteiger partial charge in [0.15, 0.2) is 0 Å². The number of hydrogen-bond donors (Lipinski definition) is 0. The van der Waals surface area contributed by atoms with E-state index in [0.717, 1.165) is 76.1 Å². The molecule has 0 N–H and O–H groups in total. The van der Waals surface area contributed by atoms with E-state index >= 15 is 0 Å². The lowest BCUT2D eigenvalue weighted by Gasteiger charge is -2.33. The number of unbranched alkanes of at least 4 members (excludes halogenated alkanes) is 18. The van der Waals surface area contributed by atoms with Crippen LogP contribution in [-0.4, -0.2) is 42.8 Å². The second-order valence-corrected chi connectivity index (χ2v) is 22.5. The average molecular weight is 958 g/mol. The van der Waals surface area contributed by atoms with Gasteiger partial charge in [-0.1, -0.05) is 181 Å². The van der Waals surface area contributed by atoms with Crippen LogP contribution in [0.2, 0.25) is 0 Å². The molecule has 4 aromatic heterocycles. The minimum atomic E-state index is -0.0199. The first-order valence-corrected chi connectivity index (χ1v) is 28.3. The molecular weight excluding hydrogens is 881 g/mol. The van der Waals surface area contributed by atoms with Crippen molar-refractivity contribution in [1.82, 2.24) is 19.8 Å². The summed E-state index contributed by atoms with van der Waals surface area (Å²) in [5.74, 6) is 0. The molecular formula is C58H76N4S4. The minimum Gasteiger partial charge on any atom is -0.335 e. The maximum Gasteiger partial charge on any atom is 0.114 e. The third kappa shape index (κ3) is 12.4. The van der Waals surface area contributed by atoms with Crippen molar-refractivity contribution in [2.24, 2.45) is 5.41 Å². The number of thiocarbonyl (C=S) groups is 2. The van der Waals surface area contributed by atoms with Gasteiger partial charge in [-0.05, 0) is 80.8 Å². The lowest BCUT2D eigenvalue weighted by atomic mass is 9.84. The molecule has 0 unspecified atom stereocenters. The number of thiophene rings is 2. The molecule has 0 saturated carbocycles. The smallest absolute Gasteiger partial charge is 0.114 e. The van der Waals surface area contributed by atoms with Gasteiger partial charge in [0.2, 0.25) is 0 Å². The van der Waals surface area contributed by atoms with Crippen LogP contribution in [0, 0.1) is 12.3 Å². The molecule has 66 heavy (non-hydrogen) atoms.